The number of methoxy groups -OCH3 is 1. The lowest BCUT2D eigenvalue weighted by Gasteiger charge is -2.12. The second-order valence-corrected chi connectivity index (χ2v) is 4.99. The van der Waals surface area contributed by atoms with Crippen LogP contribution in [0.5, 0.6) is 5.75 Å². The number of anilines is 3. The molecule has 3 rings (SSSR count). The predicted molar refractivity (Wildman–Crippen MR) is 81.5 cm³/mol. The van der Waals surface area contributed by atoms with E-state index in [9.17, 15) is 0 Å². The average molecular weight is 287 g/mol. The van der Waals surface area contributed by atoms with E-state index in [1.807, 2.05) is 6.07 Å². The summed E-state index contributed by atoms with van der Waals surface area (Å²) < 4.78 is 6.53. The van der Waals surface area contributed by atoms with Crippen LogP contribution < -0.4 is 21.3 Å². The van der Waals surface area contributed by atoms with Gasteiger partial charge < -0.3 is 15.5 Å². The van der Waals surface area contributed by atoms with Crippen molar-refractivity contribution in [1.29, 1.82) is 0 Å². The Labute approximate surface area is 119 Å². The third kappa shape index (κ3) is 2.24. The van der Waals surface area contributed by atoms with Crippen LogP contribution in [-0.2, 0) is 0 Å². The van der Waals surface area contributed by atoms with Crippen molar-refractivity contribution in [2.75, 3.05) is 17.9 Å². The van der Waals surface area contributed by atoms with E-state index >= 15 is 0 Å². The van der Waals surface area contributed by atoms with Gasteiger partial charge in [0.25, 0.3) is 0 Å². The Morgan fingerprint density at radius 3 is 2.85 bits per heavy atom. The molecule has 7 heteroatoms. The number of hydrogen-bond acceptors (Lipinski definition) is 7. The molecule has 0 fully saturated rings. The van der Waals surface area contributed by atoms with Crippen LogP contribution in [0.2, 0.25) is 0 Å². The number of nitrogens with one attached hydrogen (secondary N) is 2. The Balaban J connectivity index is 1.97. The van der Waals surface area contributed by atoms with Crippen LogP contribution in [0.15, 0.2) is 36.0 Å². The number of aromatic nitrogens is 2. The smallest absolute Gasteiger partial charge is 0.205 e. The summed E-state index contributed by atoms with van der Waals surface area (Å²) in [6.45, 7) is 0. The highest BCUT2D eigenvalue weighted by Crippen LogP contribution is 2.32. The molecule has 0 saturated heterocycles. The van der Waals surface area contributed by atoms with Gasteiger partial charge in [-0.2, -0.15) is 0 Å². The maximum atomic E-state index is 5.40. The highest BCUT2D eigenvalue weighted by atomic mass is 32.1. The molecular formula is C13H13N5OS. The second-order valence-electron chi connectivity index (χ2n) is 4.05. The summed E-state index contributed by atoms with van der Waals surface area (Å²) in [5.41, 5.74) is 3.41. The zero-order valence-corrected chi connectivity index (χ0v) is 11.6. The molecule has 1 aromatic carbocycles. The number of hydrazine groups is 1. The first-order valence-electron chi connectivity index (χ1n) is 5.91. The fraction of sp³-hybridized carbons (Fsp3) is 0.0769. The molecule has 4 N–H and O–H groups in total. The SMILES string of the molecule is COc1c(NN)ncnc1Nc1ccc2sccc2c1. The van der Waals surface area contributed by atoms with Gasteiger partial charge in [-0.15, -0.1) is 11.3 Å². The summed E-state index contributed by atoms with van der Waals surface area (Å²) in [5.74, 6) is 6.87. The van der Waals surface area contributed by atoms with E-state index in [0.717, 1.165) is 5.69 Å². The molecule has 6 nitrogen and oxygen atoms in total. The predicted octanol–water partition coefficient (Wildman–Crippen LogP) is 2.73. The van der Waals surface area contributed by atoms with Crippen LogP contribution in [0, 0.1) is 0 Å². The number of hydrogen-bond donors (Lipinski definition) is 3. The van der Waals surface area contributed by atoms with Gasteiger partial charge in [0.1, 0.15) is 6.33 Å². The van der Waals surface area contributed by atoms with E-state index in [0.29, 0.717) is 17.4 Å². The molecule has 0 atom stereocenters. The third-order valence-corrected chi connectivity index (χ3v) is 3.76. The summed E-state index contributed by atoms with van der Waals surface area (Å²) in [6.07, 6.45) is 1.42. The van der Waals surface area contributed by atoms with Crippen LogP contribution in [0.1, 0.15) is 0 Å². The van der Waals surface area contributed by atoms with Crippen molar-refractivity contribution < 1.29 is 4.74 Å². The van der Waals surface area contributed by atoms with Gasteiger partial charge in [0.15, 0.2) is 11.6 Å². The molecule has 2 aromatic heterocycles. The Morgan fingerprint density at radius 2 is 2.05 bits per heavy atom. The van der Waals surface area contributed by atoms with Crippen molar-refractivity contribution in [2.24, 2.45) is 5.84 Å². The molecular weight excluding hydrogens is 274 g/mol. The molecule has 0 unspecified atom stereocenters. The zero-order chi connectivity index (χ0) is 13.9. The molecule has 0 bridgehead atoms. The number of ether oxygens (including phenoxy) is 1. The molecule has 0 aliphatic rings. The van der Waals surface area contributed by atoms with Crippen molar-refractivity contribution in [3.8, 4) is 5.75 Å². The normalized spacial score (nSPS) is 10.5. The summed E-state index contributed by atoms with van der Waals surface area (Å²) >= 11 is 1.71. The molecule has 0 aliphatic heterocycles. The zero-order valence-electron chi connectivity index (χ0n) is 10.8. The Hall–Kier alpha value is -2.38. The van der Waals surface area contributed by atoms with Crippen molar-refractivity contribution in [1.82, 2.24) is 9.97 Å². The van der Waals surface area contributed by atoms with E-state index in [4.69, 9.17) is 10.6 Å². The molecule has 0 radical (unpaired) electrons. The first kappa shape index (κ1) is 12.6. The highest BCUT2D eigenvalue weighted by Gasteiger charge is 2.11. The Morgan fingerprint density at radius 1 is 1.20 bits per heavy atom. The van der Waals surface area contributed by atoms with Crippen LogP contribution >= 0.6 is 11.3 Å². The summed E-state index contributed by atoms with van der Waals surface area (Å²) in [5, 5.41) is 6.46. The molecule has 20 heavy (non-hydrogen) atoms. The molecule has 0 aliphatic carbocycles. The van der Waals surface area contributed by atoms with E-state index < -0.39 is 0 Å². The first-order valence-corrected chi connectivity index (χ1v) is 6.79. The minimum atomic E-state index is 0.432. The van der Waals surface area contributed by atoms with Gasteiger partial charge in [0, 0.05) is 10.4 Å². The average Bonchev–Trinajstić information content (AvgIpc) is 2.94. The summed E-state index contributed by atoms with van der Waals surface area (Å²) in [7, 11) is 1.55. The molecule has 0 amide bonds. The second kappa shape index (κ2) is 5.32. The minimum absolute atomic E-state index is 0.432. The number of rotatable bonds is 4. The first-order chi connectivity index (χ1) is 9.81. The quantitative estimate of drug-likeness (QED) is 0.505. The van der Waals surface area contributed by atoms with Gasteiger partial charge in [0.2, 0.25) is 5.75 Å². The van der Waals surface area contributed by atoms with Gasteiger partial charge in [-0.05, 0) is 35.0 Å². The van der Waals surface area contributed by atoms with Crippen LogP contribution in [0.3, 0.4) is 0 Å². The maximum absolute atomic E-state index is 5.40. The number of nitrogen functional groups attached to an aromatic ring is 1. The van der Waals surface area contributed by atoms with Gasteiger partial charge in [0.05, 0.1) is 7.11 Å². The Kier molecular flexibility index (Phi) is 3.36. The topological polar surface area (TPSA) is 85.1 Å². The molecule has 2 heterocycles. The fourth-order valence-electron chi connectivity index (χ4n) is 1.94. The van der Waals surface area contributed by atoms with Crippen LogP contribution in [0.25, 0.3) is 10.1 Å². The van der Waals surface area contributed by atoms with Crippen molar-refractivity contribution in [2.45, 2.75) is 0 Å². The van der Waals surface area contributed by atoms with Gasteiger partial charge >= 0.3 is 0 Å². The molecule has 0 saturated carbocycles. The fourth-order valence-corrected chi connectivity index (χ4v) is 2.71. The van der Waals surface area contributed by atoms with Crippen LogP contribution in [0.4, 0.5) is 17.3 Å². The third-order valence-electron chi connectivity index (χ3n) is 2.86. The molecule has 3 aromatic rings. The maximum Gasteiger partial charge on any atom is 0.205 e. The number of benzene rings is 1. The lowest BCUT2D eigenvalue weighted by molar-refractivity contribution is 0.415. The van der Waals surface area contributed by atoms with Gasteiger partial charge in [-0.25, -0.2) is 15.8 Å². The van der Waals surface area contributed by atoms with Crippen LogP contribution in [-0.4, -0.2) is 17.1 Å². The summed E-state index contributed by atoms with van der Waals surface area (Å²) in [4.78, 5) is 8.18. The number of thiophene rings is 1. The Bertz CT molecular complexity index is 742. The summed E-state index contributed by atoms with van der Waals surface area (Å²) in [6, 6.07) is 8.20. The van der Waals surface area contributed by atoms with Crippen molar-refractivity contribution >= 4 is 38.7 Å². The van der Waals surface area contributed by atoms with E-state index in [2.05, 4.69) is 44.3 Å². The lowest BCUT2D eigenvalue weighted by Crippen LogP contribution is -2.11. The van der Waals surface area contributed by atoms with Crippen molar-refractivity contribution in [3.63, 3.8) is 0 Å². The number of nitrogens with zero attached hydrogens (tertiary/aromatic N) is 2. The highest BCUT2D eigenvalue weighted by molar-refractivity contribution is 7.17. The van der Waals surface area contributed by atoms with Gasteiger partial charge in [-0.3, -0.25) is 0 Å². The monoisotopic (exact) mass is 287 g/mol. The largest absolute Gasteiger partial charge is 0.490 e. The van der Waals surface area contributed by atoms with Crippen molar-refractivity contribution in [3.05, 3.63) is 36.0 Å². The van der Waals surface area contributed by atoms with E-state index in [1.54, 1.807) is 18.4 Å². The van der Waals surface area contributed by atoms with Gasteiger partial charge in [-0.1, -0.05) is 0 Å². The minimum Gasteiger partial charge on any atom is -0.490 e. The number of nitrogens with two attached hydrogens (primary N) is 1. The van der Waals surface area contributed by atoms with E-state index in [1.165, 1.54) is 16.4 Å². The molecule has 0 spiro atoms. The molecule has 102 valence electrons. The number of fused-ring (bicyclic) bond motifs is 1. The van der Waals surface area contributed by atoms with E-state index in [-0.39, 0.29) is 0 Å². The lowest BCUT2D eigenvalue weighted by atomic mass is 10.2. The standard InChI is InChI=1S/C13H13N5OS/c1-19-11-12(15-7-16-13(11)18-14)17-9-2-3-10-8(6-9)4-5-20-10/h2-7H,14H2,1H3,(H2,15,16,17,18).